The first-order valence-electron chi connectivity index (χ1n) is 6.30. The van der Waals surface area contributed by atoms with Gasteiger partial charge in [-0.25, -0.2) is 4.79 Å². The van der Waals surface area contributed by atoms with E-state index in [1.54, 1.807) is 0 Å². The maximum atomic E-state index is 11.8. The summed E-state index contributed by atoms with van der Waals surface area (Å²) in [6.07, 6.45) is 0.790. The van der Waals surface area contributed by atoms with E-state index in [0.717, 1.165) is 0 Å². The van der Waals surface area contributed by atoms with E-state index in [2.05, 4.69) is 17.2 Å². The van der Waals surface area contributed by atoms with Crippen LogP contribution in [0.3, 0.4) is 0 Å². The molecule has 3 N–H and O–H groups in total. The van der Waals surface area contributed by atoms with Gasteiger partial charge in [0.2, 0.25) is 0 Å². The first kappa shape index (κ1) is 19.4. The molecule has 0 fully saturated rings. The molecule has 0 heterocycles. The minimum absolute atomic E-state index is 0.0800. The van der Waals surface area contributed by atoms with E-state index >= 15 is 0 Å². The highest BCUT2D eigenvalue weighted by Gasteiger charge is 2.12. The lowest BCUT2D eigenvalue weighted by atomic mass is 10.2. The molecule has 1 aromatic carbocycles. The van der Waals surface area contributed by atoms with Crippen LogP contribution in [0, 0.1) is 3.57 Å². The van der Waals surface area contributed by atoms with Crippen molar-refractivity contribution in [2.75, 3.05) is 24.2 Å². The van der Waals surface area contributed by atoms with Crippen molar-refractivity contribution >= 4 is 50.4 Å². The minimum Gasteiger partial charge on any atom is -0.445 e. The maximum Gasteiger partial charge on any atom is 0.411 e. The van der Waals surface area contributed by atoms with Gasteiger partial charge in [0.05, 0.1) is 11.4 Å². The molecule has 126 valence electrons. The van der Waals surface area contributed by atoms with Gasteiger partial charge in [0.25, 0.3) is 16.0 Å². The summed E-state index contributed by atoms with van der Waals surface area (Å²) in [4.78, 5) is 23.3. The zero-order valence-electron chi connectivity index (χ0n) is 11.9. The Morgan fingerprint density at radius 2 is 2.09 bits per heavy atom. The number of amides is 2. The predicted molar refractivity (Wildman–Crippen MR) is 93.1 cm³/mol. The lowest BCUT2D eigenvalue weighted by Gasteiger charge is -2.09. The number of ether oxygens (including phenoxy) is 1. The molecule has 0 unspecified atom stereocenters. The number of hydrogen-bond donors (Lipinski definition) is 3. The first-order valence-corrected chi connectivity index (χ1v) is 8.99. The highest BCUT2D eigenvalue weighted by atomic mass is 127. The molecule has 0 spiro atoms. The van der Waals surface area contributed by atoms with E-state index in [4.69, 9.17) is 9.29 Å². The average molecular weight is 454 g/mol. The van der Waals surface area contributed by atoms with Crippen molar-refractivity contribution in [3.63, 3.8) is 0 Å². The molecule has 0 bridgehead atoms. The van der Waals surface area contributed by atoms with Crippen molar-refractivity contribution in [2.45, 2.75) is 0 Å². The Bertz CT molecular complexity index is 704. The Kier molecular flexibility index (Phi) is 7.45. The molecule has 10 heteroatoms. The van der Waals surface area contributed by atoms with Crippen molar-refractivity contribution in [3.05, 3.63) is 40.0 Å². The summed E-state index contributed by atoms with van der Waals surface area (Å²) in [6, 6.07) is 4.51. The van der Waals surface area contributed by atoms with Crippen LogP contribution in [0.5, 0.6) is 0 Å². The van der Waals surface area contributed by atoms with E-state index in [9.17, 15) is 18.0 Å². The van der Waals surface area contributed by atoms with Gasteiger partial charge in [-0.1, -0.05) is 12.7 Å². The van der Waals surface area contributed by atoms with Gasteiger partial charge >= 0.3 is 6.09 Å². The quantitative estimate of drug-likeness (QED) is 0.327. The minimum atomic E-state index is -4.12. The van der Waals surface area contributed by atoms with Gasteiger partial charge in [-0.15, -0.1) is 0 Å². The third-order valence-corrected chi connectivity index (χ3v) is 4.06. The van der Waals surface area contributed by atoms with Gasteiger partial charge in [-0.2, -0.15) is 8.42 Å². The Morgan fingerprint density at radius 1 is 1.39 bits per heavy atom. The normalized spacial score (nSPS) is 10.7. The van der Waals surface area contributed by atoms with Crippen LogP contribution in [0.1, 0.15) is 10.4 Å². The average Bonchev–Trinajstić information content (AvgIpc) is 2.45. The zero-order valence-corrected chi connectivity index (χ0v) is 14.9. The number of rotatable bonds is 7. The molecule has 1 aromatic rings. The summed E-state index contributed by atoms with van der Waals surface area (Å²) >= 11 is 1.93. The number of nitrogens with one attached hydrogen (secondary N) is 2. The fraction of sp³-hybridized carbons (Fsp3) is 0.231. The molecule has 0 atom stereocenters. The molecular weight excluding hydrogens is 439 g/mol. The van der Waals surface area contributed by atoms with Gasteiger partial charge in [0.15, 0.2) is 0 Å². The summed E-state index contributed by atoms with van der Waals surface area (Å²) in [5, 5.41) is 4.88. The molecule has 0 saturated carbocycles. The lowest BCUT2D eigenvalue weighted by Crippen LogP contribution is -2.29. The molecule has 0 aliphatic rings. The molecular formula is C13H15IN2O6S. The number of halogens is 1. The second-order valence-electron chi connectivity index (χ2n) is 4.25. The van der Waals surface area contributed by atoms with Gasteiger partial charge in [-0.05, 0) is 40.8 Å². The van der Waals surface area contributed by atoms with E-state index in [1.807, 2.05) is 22.6 Å². The van der Waals surface area contributed by atoms with Gasteiger partial charge in [0, 0.05) is 15.7 Å². The number of anilines is 1. The SMILES string of the molecule is C=CCOC(=O)Nc1ccc(C(=O)NCCS(=O)(=O)O)cc1I. The fourth-order valence-electron chi connectivity index (χ4n) is 1.43. The van der Waals surface area contributed by atoms with Crippen LogP contribution in [0.25, 0.3) is 0 Å². The Balaban J connectivity index is 2.66. The summed E-state index contributed by atoms with van der Waals surface area (Å²) < 4.78 is 35.1. The zero-order chi connectivity index (χ0) is 17.5. The lowest BCUT2D eigenvalue weighted by molar-refractivity contribution is 0.0956. The fourth-order valence-corrected chi connectivity index (χ4v) is 2.44. The first-order chi connectivity index (χ1) is 10.7. The smallest absolute Gasteiger partial charge is 0.411 e. The van der Waals surface area contributed by atoms with Crippen LogP contribution in [0.2, 0.25) is 0 Å². The molecule has 23 heavy (non-hydrogen) atoms. The van der Waals surface area contributed by atoms with E-state index in [0.29, 0.717) is 9.26 Å². The molecule has 2 amide bonds. The van der Waals surface area contributed by atoms with Gasteiger partial charge in [0.1, 0.15) is 6.61 Å². The summed E-state index contributed by atoms with van der Waals surface area (Å²) in [7, 11) is -4.12. The van der Waals surface area contributed by atoms with Crippen LogP contribution in [0.15, 0.2) is 30.9 Å². The van der Waals surface area contributed by atoms with E-state index in [-0.39, 0.29) is 18.7 Å². The molecule has 0 aliphatic carbocycles. The number of benzene rings is 1. The van der Waals surface area contributed by atoms with Crippen LogP contribution >= 0.6 is 22.6 Å². The summed E-state index contributed by atoms with van der Waals surface area (Å²) in [6.45, 7) is 3.30. The third-order valence-electron chi connectivity index (χ3n) is 2.45. The molecule has 0 aromatic heterocycles. The highest BCUT2D eigenvalue weighted by molar-refractivity contribution is 14.1. The Morgan fingerprint density at radius 3 is 2.65 bits per heavy atom. The van der Waals surface area contributed by atoms with E-state index < -0.39 is 27.9 Å². The van der Waals surface area contributed by atoms with Crippen molar-refractivity contribution in [2.24, 2.45) is 0 Å². The predicted octanol–water partition coefficient (Wildman–Crippen LogP) is 1.64. The number of carbonyl (C=O) groups excluding carboxylic acids is 2. The largest absolute Gasteiger partial charge is 0.445 e. The second kappa shape index (κ2) is 8.84. The van der Waals surface area contributed by atoms with Crippen LogP contribution in [0.4, 0.5) is 10.5 Å². The van der Waals surface area contributed by atoms with Crippen molar-refractivity contribution < 1.29 is 27.3 Å². The highest BCUT2D eigenvalue weighted by Crippen LogP contribution is 2.20. The standard InChI is InChI=1S/C13H15IN2O6S/c1-2-6-22-13(18)16-11-4-3-9(8-10(11)14)12(17)15-5-7-23(19,20)21/h2-4,8H,1,5-7H2,(H,15,17)(H,16,18)(H,19,20,21). The summed E-state index contributed by atoms with van der Waals surface area (Å²) in [5.74, 6) is -1.06. The topological polar surface area (TPSA) is 122 Å². The van der Waals surface area contributed by atoms with E-state index in [1.165, 1.54) is 24.3 Å². The maximum absolute atomic E-state index is 11.8. The second-order valence-corrected chi connectivity index (χ2v) is 6.98. The monoisotopic (exact) mass is 454 g/mol. The molecule has 0 aliphatic heterocycles. The third kappa shape index (κ3) is 7.43. The van der Waals surface area contributed by atoms with Gasteiger partial charge in [-0.3, -0.25) is 14.7 Å². The Hall–Kier alpha value is -1.66. The number of carbonyl (C=O) groups is 2. The van der Waals surface area contributed by atoms with Crippen LogP contribution in [-0.2, 0) is 14.9 Å². The van der Waals surface area contributed by atoms with Crippen molar-refractivity contribution in [1.29, 1.82) is 0 Å². The molecule has 0 saturated heterocycles. The van der Waals surface area contributed by atoms with Gasteiger partial charge < -0.3 is 10.1 Å². The van der Waals surface area contributed by atoms with Crippen molar-refractivity contribution in [3.8, 4) is 0 Å². The molecule has 0 radical (unpaired) electrons. The molecule has 1 rings (SSSR count). The van der Waals surface area contributed by atoms with Crippen LogP contribution < -0.4 is 10.6 Å². The summed E-state index contributed by atoms with van der Waals surface area (Å²) in [5.41, 5.74) is 0.754. The molecule has 8 nitrogen and oxygen atoms in total. The Labute approximate surface area is 147 Å². The van der Waals surface area contributed by atoms with Crippen LogP contribution in [-0.4, -0.2) is 43.9 Å². The van der Waals surface area contributed by atoms with Crippen molar-refractivity contribution in [1.82, 2.24) is 5.32 Å². The number of hydrogen-bond acceptors (Lipinski definition) is 5.